The van der Waals surface area contributed by atoms with Crippen LogP contribution in [0.5, 0.6) is 0 Å². The third-order valence-electron chi connectivity index (χ3n) is 3.77. The molecule has 1 aromatic rings. The molecule has 1 aliphatic heterocycles. The van der Waals surface area contributed by atoms with E-state index in [1.807, 2.05) is 13.0 Å². The number of hydrogen-bond acceptors (Lipinski definition) is 3. The van der Waals surface area contributed by atoms with Crippen LogP contribution in [-0.2, 0) is 0 Å². The summed E-state index contributed by atoms with van der Waals surface area (Å²) in [5.74, 6) is 1.72. The second-order valence-electron chi connectivity index (χ2n) is 5.40. The van der Waals surface area contributed by atoms with Gasteiger partial charge in [0, 0.05) is 28.4 Å². The molecule has 2 heterocycles. The number of likely N-dealkylation sites (tertiary alicyclic amines) is 1. The number of aryl methyl sites for hydroxylation is 2. The normalized spacial score (nSPS) is 25.4. The number of nitrogens with zero attached hydrogens (tertiary/aromatic N) is 1. The molecule has 0 spiro atoms. The molecule has 1 saturated heterocycles. The molecule has 2 nitrogen and oxygen atoms in total. The van der Waals surface area contributed by atoms with Crippen LogP contribution in [0.3, 0.4) is 0 Å². The summed E-state index contributed by atoms with van der Waals surface area (Å²) in [4.78, 5) is 16.9. The van der Waals surface area contributed by atoms with Gasteiger partial charge in [-0.1, -0.05) is 13.8 Å². The minimum Gasteiger partial charge on any atom is -0.295 e. The third-order valence-corrected chi connectivity index (χ3v) is 4.74. The minimum absolute atomic E-state index is 0.285. The van der Waals surface area contributed by atoms with Crippen LogP contribution in [0.4, 0.5) is 0 Å². The Labute approximate surface area is 108 Å². The highest BCUT2D eigenvalue weighted by molar-refractivity contribution is 7.12. The first kappa shape index (κ1) is 12.8. The number of carbonyl (C=O) groups is 1. The molecule has 0 radical (unpaired) electrons. The van der Waals surface area contributed by atoms with Crippen LogP contribution in [0, 0.1) is 25.7 Å². The van der Waals surface area contributed by atoms with E-state index in [9.17, 15) is 4.79 Å². The summed E-state index contributed by atoms with van der Waals surface area (Å²) in [6.07, 6.45) is 0. The number of rotatable bonds is 3. The number of hydrogen-bond donors (Lipinski definition) is 0. The molecule has 0 aromatic carbocycles. The fourth-order valence-corrected chi connectivity index (χ4v) is 3.52. The van der Waals surface area contributed by atoms with Crippen molar-refractivity contribution in [3.8, 4) is 0 Å². The van der Waals surface area contributed by atoms with Crippen molar-refractivity contribution < 1.29 is 4.79 Å². The molecule has 0 amide bonds. The van der Waals surface area contributed by atoms with Crippen LogP contribution in [0.15, 0.2) is 6.07 Å². The lowest BCUT2D eigenvalue weighted by atomic mass is 10.0. The second kappa shape index (κ2) is 4.91. The molecule has 3 heteroatoms. The van der Waals surface area contributed by atoms with Crippen molar-refractivity contribution in [1.29, 1.82) is 0 Å². The van der Waals surface area contributed by atoms with E-state index in [1.54, 1.807) is 11.3 Å². The van der Waals surface area contributed by atoms with Crippen molar-refractivity contribution in [2.75, 3.05) is 19.6 Å². The van der Waals surface area contributed by atoms with E-state index in [0.29, 0.717) is 18.4 Å². The van der Waals surface area contributed by atoms with E-state index in [1.165, 1.54) is 4.88 Å². The Morgan fingerprint density at radius 1 is 1.35 bits per heavy atom. The third kappa shape index (κ3) is 2.78. The predicted molar refractivity (Wildman–Crippen MR) is 72.9 cm³/mol. The highest BCUT2D eigenvalue weighted by Crippen LogP contribution is 2.24. The monoisotopic (exact) mass is 251 g/mol. The van der Waals surface area contributed by atoms with Gasteiger partial charge in [-0.3, -0.25) is 9.69 Å². The maximum atomic E-state index is 12.2. The molecule has 0 bridgehead atoms. The largest absolute Gasteiger partial charge is 0.295 e. The Hall–Kier alpha value is -0.670. The number of carbonyl (C=O) groups excluding carboxylic acids is 1. The molecule has 0 aliphatic carbocycles. The van der Waals surface area contributed by atoms with Crippen molar-refractivity contribution in [1.82, 2.24) is 4.90 Å². The highest BCUT2D eigenvalue weighted by Gasteiger charge is 2.27. The minimum atomic E-state index is 0.285. The van der Waals surface area contributed by atoms with Gasteiger partial charge < -0.3 is 0 Å². The van der Waals surface area contributed by atoms with E-state index in [4.69, 9.17) is 0 Å². The van der Waals surface area contributed by atoms with E-state index < -0.39 is 0 Å². The summed E-state index contributed by atoms with van der Waals surface area (Å²) in [7, 11) is 0. The Morgan fingerprint density at radius 3 is 2.41 bits per heavy atom. The molecular weight excluding hydrogens is 230 g/mol. The molecule has 2 rings (SSSR count). The van der Waals surface area contributed by atoms with Gasteiger partial charge in [-0.2, -0.15) is 0 Å². The van der Waals surface area contributed by atoms with Gasteiger partial charge in [0.25, 0.3) is 0 Å². The Balaban J connectivity index is 2.01. The van der Waals surface area contributed by atoms with Crippen LogP contribution < -0.4 is 0 Å². The van der Waals surface area contributed by atoms with Crippen LogP contribution in [0.2, 0.25) is 0 Å². The average molecular weight is 251 g/mol. The van der Waals surface area contributed by atoms with Gasteiger partial charge in [0.2, 0.25) is 0 Å². The summed E-state index contributed by atoms with van der Waals surface area (Å²) < 4.78 is 0. The Bertz CT molecular complexity index is 414. The maximum absolute atomic E-state index is 12.2. The van der Waals surface area contributed by atoms with Crippen molar-refractivity contribution in [2.24, 2.45) is 11.8 Å². The van der Waals surface area contributed by atoms with Crippen LogP contribution in [0.25, 0.3) is 0 Å². The molecule has 17 heavy (non-hydrogen) atoms. The maximum Gasteiger partial charge on any atom is 0.177 e. The average Bonchev–Trinajstić information content (AvgIpc) is 2.71. The van der Waals surface area contributed by atoms with E-state index in [-0.39, 0.29) is 5.78 Å². The molecule has 0 saturated carbocycles. The van der Waals surface area contributed by atoms with Crippen LogP contribution in [-0.4, -0.2) is 30.3 Å². The summed E-state index contributed by atoms with van der Waals surface area (Å²) in [6.45, 7) is 11.4. The smallest absolute Gasteiger partial charge is 0.177 e. The first-order chi connectivity index (χ1) is 7.97. The van der Waals surface area contributed by atoms with Crippen LogP contribution >= 0.6 is 11.3 Å². The predicted octanol–water partition coefficient (Wildman–Crippen LogP) is 3.14. The van der Waals surface area contributed by atoms with Crippen LogP contribution in [0.1, 0.15) is 34.0 Å². The summed E-state index contributed by atoms with van der Waals surface area (Å²) in [5.41, 5.74) is 0.930. The van der Waals surface area contributed by atoms with E-state index >= 15 is 0 Å². The zero-order chi connectivity index (χ0) is 12.6. The van der Waals surface area contributed by atoms with Gasteiger partial charge in [-0.15, -0.1) is 11.3 Å². The van der Waals surface area contributed by atoms with Gasteiger partial charge in [0.1, 0.15) is 0 Å². The van der Waals surface area contributed by atoms with Gasteiger partial charge in [0.15, 0.2) is 5.78 Å². The van der Waals surface area contributed by atoms with E-state index in [2.05, 4.69) is 25.7 Å². The highest BCUT2D eigenvalue weighted by atomic mass is 32.1. The molecular formula is C14H21NOS. The standard InChI is InChI=1S/C14H21NOS/c1-9-6-15(7-10(9)2)8-14(16)13-5-11(3)17-12(13)4/h5,9-10H,6-8H2,1-4H3. The topological polar surface area (TPSA) is 20.3 Å². The number of Topliss-reactive ketones (excluding diaryl/α,β-unsaturated/α-hetero) is 1. The van der Waals surface area contributed by atoms with Gasteiger partial charge in [-0.25, -0.2) is 0 Å². The second-order valence-corrected chi connectivity index (χ2v) is 6.86. The summed E-state index contributed by atoms with van der Waals surface area (Å²) in [6, 6.07) is 2.03. The zero-order valence-corrected chi connectivity index (χ0v) is 11.9. The first-order valence-corrected chi connectivity index (χ1v) is 7.11. The fraction of sp³-hybridized carbons (Fsp3) is 0.643. The van der Waals surface area contributed by atoms with Crippen molar-refractivity contribution in [2.45, 2.75) is 27.7 Å². The molecule has 0 N–H and O–H groups in total. The van der Waals surface area contributed by atoms with Crippen molar-refractivity contribution in [3.63, 3.8) is 0 Å². The Morgan fingerprint density at radius 2 is 1.94 bits per heavy atom. The molecule has 1 aliphatic rings. The lowest BCUT2D eigenvalue weighted by Crippen LogP contribution is -2.28. The Kier molecular flexibility index (Phi) is 3.69. The van der Waals surface area contributed by atoms with Crippen molar-refractivity contribution in [3.05, 3.63) is 21.4 Å². The molecule has 2 atom stereocenters. The first-order valence-electron chi connectivity index (χ1n) is 6.30. The van der Waals surface area contributed by atoms with Crippen molar-refractivity contribution >= 4 is 17.1 Å². The van der Waals surface area contributed by atoms with Gasteiger partial charge in [0.05, 0.1) is 6.54 Å². The lowest BCUT2D eigenvalue weighted by molar-refractivity contribution is 0.0942. The molecule has 94 valence electrons. The molecule has 2 unspecified atom stereocenters. The number of ketones is 1. The summed E-state index contributed by atoms with van der Waals surface area (Å²) in [5, 5.41) is 0. The SMILES string of the molecule is Cc1cc(C(=O)CN2CC(C)C(C)C2)c(C)s1. The zero-order valence-electron chi connectivity index (χ0n) is 11.1. The lowest BCUT2D eigenvalue weighted by Gasteiger charge is -2.13. The number of thiophene rings is 1. The molecule has 1 aromatic heterocycles. The quantitative estimate of drug-likeness (QED) is 0.769. The van der Waals surface area contributed by atoms with E-state index in [0.717, 1.165) is 23.5 Å². The molecule has 1 fully saturated rings. The summed E-state index contributed by atoms with van der Waals surface area (Å²) >= 11 is 1.72. The van der Waals surface area contributed by atoms with Gasteiger partial charge in [-0.05, 0) is 31.7 Å². The van der Waals surface area contributed by atoms with Gasteiger partial charge >= 0.3 is 0 Å². The fourth-order valence-electron chi connectivity index (χ4n) is 2.57.